The molecule has 0 aromatic heterocycles. The van der Waals surface area contributed by atoms with Crippen LogP contribution in [0, 0.1) is 0 Å². The normalized spacial score (nSPS) is 12.2. The highest BCUT2D eigenvalue weighted by molar-refractivity contribution is 7.89. The summed E-state index contributed by atoms with van der Waals surface area (Å²) in [7, 11) is -2.08. The fraction of sp³-hybridized carbons (Fsp3) is 0.235. The van der Waals surface area contributed by atoms with Crippen LogP contribution in [0.1, 0.15) is 18.1 Å². The molecule has 0 aliphatic rings. The second-order valence-corrected chi connectivity index (χ2v) is 7.12. The fourth-order valence-corrected chi connectivity index (χ4v) is 2.96. The van der Waals surface area contributed by atoms with E-state index < -0.39 is 10.0 Å². The van der Waals surface area contributed by atoms with Crippen LogP contribution >= 0.6 is 0 Å². The average Bonchev–Trinajstić information content (AvgIpc) is 2.60. The lowest BCUT2D eigenvalue weighted by atomic mass is 10.1. The zero-order valence-corrected chi connectivity index (χ0v) is 14.6. The van der Waals surface area contributed by atoms with Crippen molar-refractivity contribution < 1.29 is 8.42 Å². The van der Waals surface area contributed by atoms with Crippen molar-refractivity contribution >= 4 is 21.7 Å². The van der Waals surface area contributed by atoms with Gasteiger partial charge >= 0.3 is 0 Å². The number of hydrogen-bond acceptors (Lipinski definition) is 3. The first-order chi connectivity index (χ1) is 11.4. The molecule has 0 saturated heterocycles. The summed E-state index contributed by atoms with van der Waals surface area (Å²) in [5, 5.41) is 3.04. The van der Waals surface area contributed by atoms with Crippen molar-refractivity contribution in [3.8, 4) is 0 Å². The smallest absolute Gasteiger partial charge is 0.240 e. The van der Waals surface area contributed by atoms with E-state index in [1.54, 1.807) is 12.1 Å². The molecular weight excluding hydrogens is 324 g/mol. The van der Waals surface area contributed by atoms with Gasteiger partial charge < -0.3 is 11.1 Å². The highest BCUT2D eigenvalue weighted by Gasteiger charge is 2.11. The number of nitrogens with two attached hydrogens (primary N) is 1. The van der Waals surface area contributed by atoms with E-state index in [0.29, 0.717) is 6.54 Å². The molecule has 128 valence electrons. The SMILES string of the molecule is CCc1cccc(NC(N)=NCc2cccc(S(=O)(=O)NC)c2)c1. The molecule has 0 amide bonds. The number of aliphatic imine (C=N–C) groups is 1. The van der Waals surface area contributed by atoms with Gasteiger partial charge in [-0.2, -0.15) is 0 Å². The van der Waals surface area contributed by atoms with Gasteiger partial charge in [-0.05, 0) is 48.9 Å². The maximum Gasteiger partial charge on any atom is 0.240 e. The van der Waals surface area contributed by atoms with Crippen LogP contribution < -0.4 is 15.8 Å². The Bertz CT molecular complexity index is 832. The zero-order valence-electron chi connectivity index (χ0n) is 13.8. The topological polar surface area (TPSA) is 96.6 Å². The Labute approximate surface area is 142 Å². The van der Waals surface area contributed by atoms with E-state index in [-0.39, 0.29) is 10.9 Å². The maximum atomic E-state index is 11.8. The second kappa shape index (κ2) is 7.94. The third-order valence-electron chi connectivity index (χ3n) is 3.52. The van der Waals surface area contributed by atoms with Crippen molar-refractivity contribution in [1.82, 2.24) is 4.72 Å². The van der Waals surface area contributed by atoms with Crippen LogP contribution in [-0.4, -0.2) is 21.4 Å². The largest absolute Gasteiger partial charge is 0.370 e. The van der Waals surface area contributed by atoms with Crippen LogP contribution in [0.4, 0.5) is 5.69 Å². The highest BCUT2D eigenvalue weighted by atomic mass is 32.2. The van der Waals surface area contributed by atoms with Crippen molar-refractivity contribution in [3.05, 3.63) is 59.7 Å². The zero-order chi connectivity index (χ0) is 17.6. The van der Waals surface area contributed by atoms with Crippen LogP contribution in [0.15, 0.2) is 58.4 Å². The van der Waals surface area contributed by atoms with Gasteiger partial charge in [-0.25, -0.2) is 18.1 Å². The van der Waals surface area contributed by atoms with Crippen molar-refractivity contribution in [2.24, 2.45) is 10.7 Å². The van der Waals surface area contributed by atoms with Gasteiger partial charge in [0.05, 0.1) is 11.4 Å². The minimum atomic E-state index is -3.46. The monoisotopic (exact) mass is 346 g/mol. The third kappa shape index (κ3) is 4.81. The molecule has 0 aliphatic carbocycles. The summed E-state index contributed by atoms with van der Waals surface area (Å²) < 4.78 is 25.9. The lowest BCUT2D eigenvalue weighted by Crippen LogP contribution is -2.22. The van der Waals surface area contributed by atoms with Gasteiger partial charge in [0, 0.05) is 5.69 Å². The van der Waals surface area contributed by atoms with Gasteiger partial charge in [0.1, 0.15) is 0 Å². The number of guanidine groups is 1. The number of aryl methyl sites for hydroxylation is 1. The lowest BCUT2D eigenvalue weighted by Gasteiger charge is -2.08. The maximum absolute atomic E-state index is 11.8. The van der Waals surface area contributed by atoms with Crippen LogP contribution in [0.5, 0.6) is 0 Å². The number of nitrogens with zero attached hydrogens (tertiary/aromatic N) is 1. The summed E-state index contributed by atoms with van der Waals surface area (Å²) in [4.78, 5) is 4.47. The number of hydrogen-bond donors (Lipinski definition) is 3. The van der Waals surface area contributed by atoms with E-state index in [2.05, 4.69) is 22.0 Å². The number of sulfonamides is 1. The summed E-state index contributed by atoms with van der Waals surface area (Å²) >= 11 is 0. The third-order valence-corrected chi connectivity index (χ3v) is 4.93. The molecule has 2 aromatic carbocycles. The Hall–Kier alpha value is -2.38. The molecule has 2 aromatic rings. The van der Waals surface area contributed by atoms with Crippen molar-refractivity contribution in [2.75, 3.05) is 12.4 Å². The molecule has 0 spiro atoms. The molecule has 0 aliphatic heterocycles. The lowest BCUT2D eigenvalue weighted by molar-refractivity contribution is 0.588. The molecule has 0 saturated carbocycles. The Morgan fingerprint density at radius 3 is 2.54 bits per heavy atom. The van der Waals surface area contributed by atoms with Crippen molar-refractivity contribution in [2.45, 2.75) is 24.8 Å². The van der Waals surface area contributed by atoms with E-state index in [1.165, 1.54) is 18.7 Å². The summed E-state index contributed by atoms with van der Waals surface area (Å²) in [6, 6.07) is 14.6. The van der Waals surface area contributed by atoms with E-state index in [4.69, 9.17) is 5.73 Å². The minimum Gasteiger partial charge on any atom is -0.370 e. The fourth-order valence-electron chi connectivity index (χ4n) is 2.16. The van der Waals surface area contributed by atoms with Gasteiger partial charge in [0.25, 0.3) is 0 Å². The van der Waals surface area contributed by atoms with E-state index >= 15 is 0 Å². The van der Waals surface area contributed by atoms with Gasteiger partial charge in [0.15, 0.2) is 5.96 Å². The van der Waals surface area contributed by atoms with E-state index in [0.717, 1.165) is 17.7 Å². The molecule has 0 fully saturated rings. The van der Waals surface area contributed by atoms with Gasteiger partial charge in [-0.1, -0.05) is 31.2 Å². The standard InChI is InChI=1S/C17H22N4O2S/c1-3-13-6-4-8-15(10-13)21-17(18)20-12-14-7-5-9-16(11-14)24(22,23)19-2/h4-11,19H,3,12H2,1-2H3,(H3,18,20,21). The molecule has 2 rings (SSSR count). The molecule has 0 atom stereocenters. The molecule has 6 nitrogen and oxygen atoms in total. The van der Waals surface area contributed by atoms with Crippen LogP contribution in [0.2, 0.25) is 0 Å². The summed E-state index contributed by atoms with van der Waals surface area (Å²) in [6.07, 6.45) is 0.944. The Kier molecular flexibility index (Phi) is 5.94. The van der Waals surface area contributed by atoms with Crippen LogP contribution in [-0.2, 0) is 23.0 Å². The summed E-state index contributed by atoms with van der Waals surface area (Å²) in [5.41, 5.74) is 8.75. The van der Waals surface area contributed by atoms with Crippen molar-refractivity contribution in [1.29, 1.82) is 0 Å². The van der Waals surface area contributed by atoms with E-state index in [9.17, 15) is 8.42 Å². The van der Waals surface area contributed by atoms with Crippen molar-refractivity contribution in [3.63, 3.8) is 0 Å². The molecule has 7 heteroatoms. The predicted octanol–water partition coefficient (Wildman–Crippen LogP) is 2.08. The van der Waals surface area contributed by atoms with E-state index in [1.807, 2.05) is 30.3 Å². The Morgan fingerprint density at radius 2 is 1.83 bits per heavy atom. The highest BCUT2D eigenvalue weighted by Crippen LogP contribution is 2.13. The first-order valence-corrected chi connectivity index (χ1v) is 9.11. The van der Waals surface area contributed by atoms with Gasteiger partial charge in [-0.15, -0.1) is 0 Å². The first-order valence-electron chi connectivity index (χ1n) is 7.63. The molecule has 0 bridgehead atoms. The number of benzene rings is 2. The molecule has 0 heterocycles. The molecule has 24 heavy (non-hydrogen) atoms. The van der Waals surface area contributed by atoms with Crippen LogP contribution in [0.3, 0.4) is 0 Å². The summed E-state index contributed by atoms with van der Waals surface area (Å²) in [5.74, 6) is 0.283. The molecule has 4 N–H and O–H groups in total. The minimum absolute atomic E-state index is 0.208. The Morgan fingerprint density at radius 1 is 1.12 bits per heavy atom. The number of anilines is 1. The Balaban J connectivity index is 2.08. The predicted molar refractivity (Wildman–Crippen MR) is 97.5 cm³/mol. The first kappa shape index (κ1) is 18.0. The summed E-state index contributed by atoms with van der Waals surface area (Å²) in [6.45, 7) is 2.38. The second-order valence-electron chi connectivity index (χ2n) is 5.24. The quantitative estimate of drug-likeness (QED) is 0.551. The molecular formula is C17H22N4O2S. The van der Waals surface area contributed by atoms with Gasteiger partial charge in [0.2, 0.25) is 10.0 Å². The van der Waals surface area contributed by atoms with Crippen LogP contribution in [0.25, 0.3) is 0 Å². The molecule has 0 unspecified atom stereocenters. The van der Waals surface area contributed by atoms with Gasteiger partial charge in [-0.3, -0.25) is 0 Å². The number of rotatable bonds is 6. The average molecular weight is 346 g/mol. The molecule has 0 radical (unpaired) electrons. The number of nitrogens with one attached hydrogen (secondary N) is 2.